The Labute approximate surface area is 116 Å². The topological polar surface area (TPSA) is 69.7 Å². The van der Waals surface area contributed by atoms with Gasteiger partial charge in [-0.25, -0.2) is 0 Å². The van der Waals surface area contributed by atoms with Crippen molar-refractivity contribution in [1.29, 1.82) is 0 Å². The van der Waals surface area contributed by atoms with Crippen LogP contribution in [0.5, 0.6) is 5.75 Å². The minimum atomic E-state index is -1.38. The molecular weight excluding hydrogens is 260 g/mol. The molecule has 0 saturated heterocycles. The van der Waals surface area contributed by atoms with Crippen LogP contribution in [-0.4, -0.2) is 23.6 Å². The molecule has 5 heteroatoms. The van der Waals surface area contributed by atoms with Gasteiger partial charge in [0.1, 0.15) is 5.75 Å². The molecule has 5 nitrogen and oxygen atoms in total. The molecule has 0 bridgehead atoms. The number of ether oxygens (including phenoxy) is 2. The summed E-state index contributed by atoms with van der Waals surface area (Å²) in [5, 5.41) is 0. The van der Waals surface area contributed by atoms with Crippen LogP contribution in [0.4, 0.5) is 0 Å². The van der Waals surface area contributed by atoms with Gasteiger partial charge in [0.2, 0.25) is 17.7 Å². The van der Waals surface area contributed by atoms with Gasteiger partial charge in [0.25, 0.3) is 0 Å². The fourth-order valence-electron chi connectivity index (χ4n) is 1.87. The molecule has 0 radical (unpaired) electrons. The first-order valence-electron chi connectivity index (χ1n) is 6.16. The van der Waals surface area contributed by atoms with E-state index in [1.165, 1.54) is 18.4 Å². The number of Topliss-reactive ketones (excluding diaryl/α,β-unsaturated/α-hetero) is 2. The van der Waals surface area contributed by atoms with E-state index < -0.39 is 29.6 Å². The smallest absolute Gasteiger partial charge is 0.309 e. The Hall–Kier alpha value is -2.43. The van der Waals surface area contributed by atoms with Gasteiger partial charge in [-0.1, -0.05) is 20.4 Å². The van der Waals surface area contributed by atoms with Crippen molar-refractivity contribution >= 4 is 17.5 Å². The van der Waals surface area contributed by atoms with E-state index in [0.717, 1.165) is 0 Å². The highest BCUT2D eigenvalue weighted by Gasteiger charge is 2.41. The van der Waals surface area contributed by atoms with Gasteiger partial charge < -0.3 is 9.47 Å². The third kappa shape index (κ3) is 2.34. The molecule has 1 aromatic carbocycles. The van der Waals surface area contributed by atoms with Crippen molar-refractivity contribution in [3.05, 3.63) is 42.2 Å². The minimum absolute atomic E-state index is 0.205. The third-order valence-electron chi connectivity index (χ3n) is 2.92. The molecule has 1 aliphatic rings. The van der Waals surface area contributed by atoms with Crippen molar-refractivity contribution in [2.45, 2.75) is 20.0 Å². The van der Waals surface area contributed by atoms with Gasteiger partial charge in [-0.2, -0.15) is 0 Å². The summed E-state index contributed by atoms with van der Waals surface area (Å²) in [6.45, 7) is 6.68. The van der Waals surface area contributed by atoms with Gasteiger partial charge in [0.05, 0.1) is 12.2 Å². The standard InChI is InChI=1S/C15H14O5/c1-4-19-9-5-6-10-11(7-9)13(17)14(12(10)16)20-15(18)8(2)3/h4-8,14H,1H2,2-3H3. The van der Waals surface area contributed by atoms with Gasteiger partial charge in [-0.15, -0.1) is 0 Å². The number of ketones is 2. The predicted molar refractivity (Wildman–Crippen MR) is 70.6 cm³/mol. The third-order valence-corrected chi connectivity index (χ3v) is 2.92. The van der Waals surface area contributed by atoms with E-state index in [-0.39, 0.29) is 11.1 Å². The van der Waals surface area contributed by atoms with Crippen molar-refractivity contribution in [2.24, 2.45) is 5.92 Å². The number of carbonyl (C=O) groups is 3. The summed E-state index contributed by atoms with van der Waals surface area (Å²) >= 11 is 0. The number of carbonyl (C=O) groups excluding carboxylic acids is 3. The predicted octanol–water partition coefficient (Wildman–Crippen LogP) is 2.16. The highest BCUT2D eigenvalue weighted by Crippen LogP contribution is 2.28. The highest BCUT2D eigenvalue weighted by molar-refractivity contribution is 6.29. The van der Waals surface area contributed by atoms with E-state index in [2.05, 4.69) is 6.58 Å². The zero-order valence-corrected chi connectivity index (χ0v) is 11.2. The summed E-state index contributed by atoms with van der Waals surface area (Å²) in [6, 6.07) is 4.48. The second-order valence-corrected chi connectivity index (χ2v) is 4.69. The van der Waals surface area contributed by atoms with Crippen LogP contribution >= 0.6 is 0 Å². The number of fused-ring (bicyclic) bond motifs is 1. The highest BCUT2D eigenvalue weighted by atomic mass is 16.6. The molecular formula is C15H14O5. The second kappa shape index (κ2) is 5.28. The van der Waals surface area contributed by atoms with Crippen LogP contribution in [0.1, 0.15) is 34.6 Å². The molecule has 1 atom stereocenters. The summed E-state index contributed by atoms with van der Waals surface area (Å²) in [5.41, 5.74) is 0.448. The number of rotatable bonds is 4. The van der Waals surface area contributed by atoms with E-state index in [0.29, 0.717) is 5.75 Å². The lowest BCUT2D eigenvalue weighted by Gasteiger charge is -2.10. The van der Waals surface area contributed by atoms with Gasteiger partial charge in [-0.3, -0.25) is 14.4 Å². The Bertz CT molecular complexity index is 600. The van der Waals surface area contributed by atoms with Crippen molar-refractivity contribution in [3.8, 4) is 5.75 Å². The Morgan fingerprint density at radius 1 is 1.25 bits per heavy atom. The van der Waals surface area contributed by atoms with Crippen LogP contribution in [0.3, 0.4) is 0 Å². The molecule has 0 N–H and O–H groups in total. The van der Waals surface area contributed by atoms with E-state index in [1.54, 1.807) is 19.9 Å². The average Bonchev–Trinajstić information content (AvgIpc) is 2.64. The molecule has 20 heavy (non-hydrogen) atoms. The molecule has 0 amide bonds. The SMILES string of the molecule is C=COc1ccc2c(c1)C(=O)C(OC(=O)C(C)C)C2=O. The Morgan fingerprint density at radius 2 is 1.90 bits per heavy atom. The zero-order chi connectivity index (χ0) is 14.9. The van der Waals surface area contributed by atoms with E-state index >= 15 is 0 Å². The molecule has 1 aliphatic carbocycles. The normalized spacial score (nSPS) is 17.1. The lowest BCUT2D eigenvalue weighted by molar-refractivity contribution is -0.148. The fourth-order valence-corrected chi connectivity index (χ4v) is 1.87. The molecule has 1 aromatic rings. The largest absolute Gasteiger partial charge is 0.466 e. The number of hydrogen-bond donors (Lipinski definition) is 0. The zero-order valence-electron chi connectivity index (χ0n) is 11.2. The van der Waals surface area contributed by atoms with E-state index in [1.807, 2.05) is 0 Å². The lowest BCUT2D eigenvalue weighted by Crippen LogP contribution is -2.30. The fraction of sp³-hybridized carbons (Fsp3) is 0.267. The van der Waals surface area contributed by atoms with Gasteiger partial charge in [0, 0.05) is 11.1 Å². The Balaban J connectivity index is 2.30. The molecule has 2 rings (SSSR count). The maximum Gasteiger partial charge on any atom is 0.309 e. The van der Waals surface area contributed by atoms with Crippen LogP contribution in [-0.2, 0) is 9.53 Å². The first-order valence-corrected chi connectivity index (χ1v) is 6.16. The molecule has 1 unspecified atom stereocenters. The number of hydrogen-bond acceptors (Lipinski definition) is 5. The van der Waals surface area contributed by atoms with Crippen molar-refractivity contribution in [3.63, 3.8) is 0 Å². The molecule has 0 fully saturated rings. The molecule has 0 saturated carbocycles. The van der Waals surface area contributed by atoms with Gasteiger partial charge in [0.15, 0.2) is 0 Å². The molecule has 0 aliphatic heterocycles. The maximum absolute atomic E-state index is 12.1. The monoisotopic (exact) mass is 274 g/mol. The first-order chi connectivity index (χ1) is 9.45. The minimum Gasteiger partial charge on any atom is -0.466 e. The molecule has 0 aromatic heterocycles. The Morgan fingerprint density at radius 3 is 2.50 bits per heavy atom. The van der Waals surface area contributed by atoms with Crippen molar-refractivity contribution in [1.82, 2.24) is 0 Å². The lowest BCUT2D eigenvalue weighted by atomic mass is 10.1. The van der Waals surface area contributed by atoms with Crippen LogP contribution in [0.25, 0.3) is 0 Å². The quantitative estimate of drug-likeness (QED) is 0.478. The second-order valence-electron chi connectivity index (χ2n) is 4.69. The molecule has 104 valence electrons. The summed E-state index contributed by atoms with van der Waals surface area (Å²) in [6.07, 6.45) is -0.155. The average molecular weight is 274 g/mol. The summed E-state index contributed by atoms with van der Waals surface area (Å²) in [7, 11) is 0. The Kier molecular flexibility index (Phi) is 3.70. The molecule has 0 spiro atoms. The van der Waals surface area contributed by atoms with Crippen LogP contribution in [0.15, 0.2) is 31.0 Å². The van der Waals surface area contributed by atoms with E-state index in [4.69, 9.17) is 9.47 Å². The van der Waals surface area contributed by atoms with Crippen molar-refractivity contribution < 1.29 is 23.9 Å². The molecule has 0 heterocycles. The van der Waals surface area contributed by atoms with Gasteiger partial charge in [-0.05, 0) is 18.2 Å². The number of esters is 1. The van der Waals surface area contributed by atoms with Crippen LogP contribution in [0.2, 0.25) is 0 Å². The summed E-state index contributed by atoms with van der Waals surface area (Å²) in [5.74, 6) is -1.60. The van der Waals surface area contributed by atoms with E-state index in [9.17, 15) is 14.4 Å². The summed E-state index contributed by atoms with van der Waals surface area (Å²) in [4.78, 5) is 35.8. The van der Waals surface area contributed by atoms with Crippen molar-refractivity contribution in [2.75, 3.05) is 0 Å². The maximum atomic E-state index is 12.1. The number of benzene rings is 1. The summed E-state index contributed by atoms with van der Waals surface area (Å²) < 4.78 is 10.0. The van der Waals surface area contributed by atoms with Gasteiger partial charge >= 0.3 is 5.97 Å². The van der Waals surface area contributed by atoms with Crippen LogP contribution in [0, 0.1) is 5.92 Å². The first kappa shape index (κ1) is 14.0. The van der Waals surface area contributed by atoms with Crippen LogP contribution < -0.4 is 4.74 Å².